The fourth-order valence-electron chi connectivity index (χ4n) is 3.77. The largest absolute Gasteiger partial charge is 0.356 e. The van der Waals surface area contributed by atoms with Crippen molar-refractivity contribution < 1.29 is 4.79 Å². The number of carbonyl (C=O) groups excluding carboxylic acids is 1. The number of aromatic nitrogens is 4. The molecule has 7 heteroatoms. The normalized spacial score (nSPS) is 18.0. The average molecular weight is 362 g/mol. The van der Waals surface area contributed by atoms with Gasteiger partial charge in [-0.25, -0.2) is 14.6 Å². The number of benzene rings is 1. The Bertz CT molecular complexity index is 958. The topological polar surface area (TPSA) is 75.9 Å². The third-order valence-electron chi connectivity index (χ3n) is 5.46. The van der Waals surface area contributed by atoms with Crippen molar-refractivity contribution in [2.24, 2.45) is 0 Å². The summed E-state index contributed by atoms with van der Waals surface area (Å²) in [5.74, 6) is 0.890. The van der Waals surface area contributed by atoms with Gasteiger partial charge in [-0.05, 0) is 37.8 Å². The minimum atomic E-state index is 0.00912. The number of hydrogen-bond donors (Lipinski definition) is 1. The second kappa shape index (κ2) is 6.64. The third-order valence-corrected chi connectivity index (χ3v) is 5.46. The van der Waals surface area contributed by atoms with Gasteiger partial charge < -0.3 is 10.2 Å². The second-order valence-corrected chi connectivity index (χ2v) is 7.39. The molecule has 5 rings (SSSR count). The predicted octanol–water partition coefficient (Wildman–Crippen LogP) is 2.56. The van der Waals surface area contributed by atoms with Gasteiger partial charge in [0.2, 0.25) is 0 Å². The van der Waals surface area contributed by atoms with Crippen LogP contribution in [0.1, 0.15) is 42.1 Å². The molecule has 2 aromatic heterocycles. The average Bonchev–Trinajstić information content (AvgIpc) is 3.35. The Labute approximate surface area is 157 Å². The Morgan fingerprint density at radius 3 is 2.67 bits per heavy atom. The number of hydrogen-bond acceptors (Lipinski definition) is 5. The van der Waals surface area contributed by atoms with Gasteiger partial charge in [-0.15, -0.1) is 0 Å². The standard InChI is InChI=1S/C20H22N6O/c27-20(23-14-5-6-14)17-11-19(24-18-4-2-1-3-16(17)18)25-9-7-15(8-10-25)26-13-21-12-22-26/h1-4,11-15H,5-10H2,(H,23,27). The molecular weight excluding hydrogens is 340 g/mol. The molecule has 3 heterocycles. The number of carbonyl (C=O) groups is 1. The zero-order valence-electron chi connectivity index (χ0n) is 15.1. The van der Waals surface area contributed by atoms with Crippen LogP contribution in [0.3, 0.4) is 0 Å². The minimum Gasteiger partial charge on any atom is -0.356 e. The molecule has 2 fully saturated rings. The number of pyridine rings is 1. The Morgan fingerprint density at radius 2 is 1.93 bits per heavy atom. The van der Waals surface area contributed by atoms with Crippen molar-refractivity contribution in [3.63, 3.8) is 0 Å². The molecule has 0 unspecified atom stereocenters. The number of rotatable bonds is 4. The number of anilines is 1. The highest BCUT2D eigenvalue weighted by Gasteiger charge is 2.26. The first-order valence-electron chi connectivity index (χ1n) is 9.57. The van der Waals surface area contributed by atoms with Crippen LogP contribution in [0, 0.1) is 0 Å². The van der Waals surface area contributed by atoms with Crippen molar-refractivity contribution >= 4 is 22.6 Å². The molecular formula is C20H22N6O. The highest BCUT2D eigenvalue weighted by Crippen LogP contribution is 2.29. The molecule has 1 amide bonds. The molecule has 1 N–H and O–H groups in total. The van der Waals surface area contributed by atoms with Gasteiger partial charge in [0.05, 0.1) is 17.1 Å². The van der Waals surface area contributed by atoms with Crippen molar-refractivity contribution in [1.29, 1.82) is 0 Å². The molecule has 2 aliphatic rings. The fourth-order valence-corrected chi connectivity index (χ4v) is 3.77. The van der Waals surface area contributed by atoms with Crippen LogP contribution in [0.4, 0.5) is 5.82 Å². The minimum absolute atomic E-state index is 0.00912. The van der Waals surface area contributed by atoms with Crippen LogP contribution in [0.25, 0.3) is 10.9 Å². The molecule has 27 heavy (non-hydrogen) atoms. The molecule has 0 bridgehead atoms. The molecule has 1 aliphatic carbocycles. The summed E-state index contributed by atoms with van der Waals surface area (Å²) in [6, 6.07) is 10.6. The van der Waals surface area contributed by atoms with E-state index < -0.39 is 0 Å². The molecule has 1 saturated carbocycles. The highest BCUT2D eigenvalue weighted by molar-refractivity contribution is 6.07. The van der Waals surface area contributed by atoms with Gasteiger partial charge in [-0.3, -0.25) is 4.79 Å². The number of nitrogens with zero attached hydrogens (tertiary/aromatic N) is 5. The van der Waals surface area contributed by atoms with Crippen LogP contribution >= 0.6 is 0 Å². The van der Waals surface area contributed by atoms with E-state index in [4.69, 9.17) is 4.98 Å². The van der Waals surface area contributed by atoms with Crippen molar-refractivity contribution in [3.8, 4) is 0 Å². The molecule has 1 aromatic carbocycles. The molecule has 1 saturated heterocycles. The van der Waals surface area contributed by atoms with E-state index in [1.807, 2.05) is 35.0 Å². The van der Waals surface area contributed by atoms with Crippen molar-refractivity contribution in [2.75, 3.05) is 18.0 Å². The number of nitrogens with one attached hydrogen (secondary N) is 1. The molecule has 0 atom stereocenters. The van der Waals surface area contributed by atoms with E-state index in [2.05, 4.69) is 20.3 Å². The van der Waals surface area contributed by atoms with Crippen molar-refractivity contribution in [3.05, 3.63) is 48.5 Å². The van der Waals surface area contributed by atoms with E-state index in [1.54, 1.807) is 12.7 Å². The smallest absolute Gasteiger partial charge is 0.252 e. The third kappa shape index (κ3) is 3.25. The Balaban J connectivity index is 1.42. The summed E-state index contributed by atoms with van der Waals surface area (Å²) < 4.78 is 1.94. The summed E-state index contributed by atoms with van der Waals surface area (Å²) in [5.41, 5.74) is 1.59. The SMILES string of the molecule is O=C(NC1CC1)c1cc(N2CCC(n3cncn3)CC2)nc2ccccc12. The Kier molecular flexibility index (Phi) is 3.99. The first-order chi connectivity index (χ1) is 13.3. The Hall–Kier alpha value is -2.96. The van der Waals surface area contributed by atoms with Gasteiger partial charge in [0.25, 0.3) is 5.91 Å². The fraction of sp³-hybridized carbons (Fsp3) is 0.400. The molecule has 3 aromatic rings. The molecule has 0 radical (unpaired) electrons. The van der Waals surface area contributed by atoms with Crippen molar-refractivity contribution in [2.45, 2.75) is 37.8 Å². The molecule has 138 valence electrons. The zero-order valence-corrected chi connectivity index (χ0v) is 15.1. The van der Waals surface area contributed by atoms with Crippen LogP contribution in [-0.4, -0.2) is 44.8 Å². The van der Waals surface area contributed by atoms with E-state index in [9.17, 15) is 4.79 Å². The van der Waals surface area contributed by atoms with Crippen LogP contribution in [0.15, 0.2) is 43.0 Å². The van der Waals surface area contributed by atoms with Gasteiger partial charge in [-0.2, -0.15) is 5.10 Å². The lowest BCUT2D eigenvalue weighted by atomic mass is 10.0. The van der Waals surface area contributed by atoms with Crippen LogP contribution in [0.2, 0.25) is 0 Å². The second-order valence-electron chi connectivity index (χ2n) is 7.39. The first kappa shape index (κ1) is 16.2. The zero-order chi connectivity index (χ0) is 18.2. The highest BCUT2D eigenvalue weighted by atomic mass is 16.1. The van der Waals surface area contributed by atoms with Gasteiger partial charge >= 0.3 is 0 Å². The number of amides is 1. The summed E-state index contributed by atoms with van der Waals surface area (Å²) in [5, 5.41) is 8.30. The lowest BCUT2D eigenvalue weighted by Gasteiger charge is -2.33. The lowest BCUT2D eigenvalue weighted by molar-refractivity contribution is 0.0952. The summed E-state index contributed by atoms with van der Waals surface area (Å²) in [6.45, 7) is 1.78. The van der Waals surface area contributed by atoms with E-state index in [1.165, 1.54) is 0 Å². The van der Waals surface area contributed by atoms with E-state index in [-0.39, 0.29) is 5.91 Å². The number of fused-ring (bicyclic) bond motifs is 1. The van der Waals surface area contributed by atoms with Gasteiger partial charge in [-0.1, -0.05) is 18.2 Å². The van der Waals surface area contributed by atoms with Gasteiger partial charge in [0.15, 0.2) is 0 Å². The number of para-hydroxylation sites is 1. The monoisotopic (exact) mass is 362 g/mol. The molecule has 0 spiro atoms. The summed E-state index contributed by atoms with van der Waals surface area (Å²) >= 11 is 0. The lowest BCUT2D eigenvalue weighted by Crippen LogP contribution is -2.35. The van der Waals surface area contributed by atoms with Crippen LogP contribution < -0.4 is 10.2 Å². The van der Waals surface area contributed by atoms with Crippen LogP contribution in [0.5, 0.6) is 0 Å². The summed E-state index contributed by atoms with van der Waals surface area (Å²) in [4.78, 5) is 23.9. The molecule has 1 aliphatic heterocycles. The first-order valence-corrected chi connectivity index (χ1v) is 9.57. The van der Waals surface area contributed by atoms with Crippen LogP contribution in [-0.2, 0) is 0 Å². The van der Waals surface area contributed by atoms with Crippen molar-refractivity contribution in [1.82, 2.24) is 25.1 Å². The van der Waals surface area contributed by atoms with Gasteiger partial charge in [0, 0.05) is 24.5 Å². The van der Waals surface area contributed by atoms with E-state index in [0.717, 1.165) is 61.1 Å². The maximum Gasteiger partial charge on any atom is 0.252 e. The predicted molar refractivity (Wildman–Crippen MR) is 103 cm³/mol. The quantitative estimate of drug-likeness (QED) is 0.772. The molecule has 7 nitrogen and oxygen atoms in total. The Morgan fingerprint density at radius 1 is 1.11 bits per heavy atom. The summed E-state index contributed by atoms with van der Waals surface area (Å²) in [7, 11) is 0. The van der Waals surface area contributed by atoms with E-state index >= 15 is 0 Å². The number of piperidine rings is 1. The van der Waals surface area contributed by atoms with E-state index in [0.29, 0.717) is 12.1 Å². The maximum atomic E-state index is 12.8. The van der Waals surface area contributed by atoms with Gasteiger partial charge in [0.1, 0.15) is 18.5 Å². The summed E-state index contributed by atoms with van der Waals surface area (Å²) in [6.07, 6.45) is 7.51. The maximum absolute atomic E-state index is 12.8.